The van der Waals surface area contributed by atoms with Gasteiger partial charge in [-0.1, -0.05) is 42.0 Å². The highest BCUT2D eigenvalue weighted by molar-refractivity contribution is 7.91. The maximum atomic E-state index is 12.8. The lowest BCUT2D eigenvalue weighted by molar-refractivity contribution is 0.176. The van der Waals surface area contributed by atoms with Crippen molar-refractivity contribution in [3.8, 4) is 0 Å². The fraction of sp³-hybridized carbons (Fsp3) is 0.550. The Hall–Kier alpha value is -1.82. The molecule has 5 nitrogen and oxygen atoms in total. The lowest BCUT2D eigenvalue weighted by atomic mass is 9.97. The van der Waals surface area contributed by atoms with Crippen LogP contribution in [0.5, 0.6) is 0 Å². The fourth-order valence-electron chi connectivity index (χ4n) is 3.73. The van der Waals surface area contributed by atoms with Crippen LogP contribution in [0.3, 0.4) is 0 Å². The molecule has 0 bridgehead atoms. The number of hydrogen-bond donors (Lipinski definition) is 1. The zero-order chi connectivity index (χ0) is 18.4. The van der Waals surface area contributed by atoms with Gasteiger partial charge in [0.25, 0.3) is 0 Å². The Balaban J connectivity index is 1.62. The SMILES string of the molecule is O=C(NCCC1=CCCCC1)N(Cc1ccccc1)[C@@H]1CCS(=O)(=O)C1. The second kappa shape index (κ2) is 8.71. The van der Waals surface area contributed by atoms with Gasteiger partial charge in [-0.05, 0) is 44.1 Å². The highest BCUT2D eigenvalue weighted by Crippen LogP contribution is 2.21. The molecule has 1 saturated heterocycles. The van der Waals surface area contributed by atoms with Gasteiger partial charge in [0.1, 0.15) is 0 Å². The zero-order valence-electron chi connectivity index (χ0n) is 15.2. The smallest absolute Gasteiger partial charge is 0.317 e. The van der Waals surface area contributed by atoms with Crippen LogP contribution in [0, 0.1) is 0 Å². The monoisotopic (exact) mass is 376 g/mol. The van der Waals surface area contributed by atoms with Gasteiger partial charge in [0.15, 0.2) is 9.84 Å². The normalized spacial score (nSPS) is 21.8. The van der Waals surface area contributed by atoms with Crippen LogP contribution in [0.4, 0.5) is 4.79 Å². The van der Waals surface area contributed by atoms with Crippen LogP contribution < -0.4 is 5.32 Å². The molecule has 1 aromatic rings. The predicted octanol–water partition coefficient (Wildman–Crippen LogP) is 3.28. The van der Waals surface area contributed by atoms with E-state index >= 15 is 0 Å². The molecule has 1 heterocycles. The average molecular weight is 377 g/mol. The molecule has 1 atom stereocenters. The van der Waals surface area contributed by atoms with Gasteiger partial charge in [-0.3, -0.25) is 0 Å². The van der Waals surface area contributed by atoms with E-state index in [-0.39, 0.29) is 23.6 Å². The van der Waals surface area contributed by atoms with E-state index in [1.807, 2.05) is 30.3 Å². The highest BCUT2D eigenvalue weighted by atomic mass is 32.2. The summed E-state index contributed by atoms with van der Waals surface area (Å²) >= 11 is 0. The van der Waals surface area contributed by atoms with E-state index in [2.05, 4.69) is 11.4 Å². The average Bonchev–Trinajstić information content (AvgIpc) is 3.01. The van der Waals surface area contributed by atoms with Crippen LogP contribution in [0.2, 0.25) is 0 Å². The minimum atomic E-state index is -3.03. The van der Waals surface area contributed by atoms with Gasteiger partial charge < -0.3 is 10.2 Å². The third-order valence-electron chi connectivity index (χ3n) is 5.21. The van der Waals surface area contributed by atoms with Crippen molar-refractivity contribution in [2.24, 2.45) is 0 Å². The number of benzene rings is 1. The van der Waals surface area contributed by atoms with Gasteiger partial charge in [0, 0.05) is 19.1 Å². The molecule has 142 valence electrons. The van der Waals surface area contributed by atoms with E-state index in [0.717, 1.165) is 24.8 Å². The number of rotatable bonds is 6. The Bertz CT molecular complexity index is 744. The van der Waals surface area contributed by atoms with Crippen molar-refractivity contribution in [3.63, 3.8) is 0 Å². The number of urea groups is 1. The maximum absolute atomic E-state index is 12.8. The van der Waals surface area contributed by atoms with E-state index in [1.165, 1.54) is 18.4 Å². The van der Waals surface area contributed by atoms with Gasteiger partial charge in [0.2, 0.25) is 0 Å². The molecule has 26 heavy (non-hydrogen) atoms. The molecule has 0 radical (unpaired) electrons. The number of carbonyl (C=O) groups is 1. The van der Waals surface area contributed by atoms with Crippen LogP contribution in [0.25, 0.3) is 0 Å². The largest absolute Gasteiger partial charge is 0.338 e. The quantitative estimate of drug-likeness (QED) is 0.775. The van der Waals surface area contributed by atoms with Crippen molar-refractivity contribution in [1.29, 1.82) is 0 Å². The summed E-state index contributed by atoms with van der Waals surface area (Å²) in [7, 11) is -3.03. The Morgan fingerprint density at radius 3 is 2.65 bits per heavy atom. The number of carbonyl (C=O) groups excluding carboxylic acids is 1. The van der Waals surface area contributed by atoms with Crippen LogP contribution in [0.15, 0.2) is 42.0 Å². The molecule has 1 aliphatic carbocycles. The first-order valence-electron chi connectivity index (χ1n) is 9.50. The van der Waals surface area contributed by atoms with E-state index in [4.69, 9.17) is 0 Å². The zero-order valence-corrected chi connectivity index (χ0v) is 16.0. The first-order valence-corrected chi connectivity index (χ1v) is 11.3. The summed E-state index contributed by atoms with van der Waals surface area (Å²) in [6.45, 7) is 1.05. The highest BCUT2D eigenvalue weighted by Gasteiger charge is 2.34. The van der Waals surface area contributed by atoms with Crippen LogP contribution in [-0.2, 0) is 16.4 Å². The molecule has 0 saturated carbocycles. The number of nitrogens with zero attached hydrogens (tertiary/aromatic N) is 1. The maximum Gasteiger partial charge on any atom is 0.317 e. The molecule has 2 aliphatic rings. The van der Waals surface area contributed by atoms with Crippen molar-refractivity contribution in [3.05, 3.63) is 47.5 Å². The number of sulfone groups is 1. The summed E-state index contributed by atoms with van der Waals surface area (Å²) in [5, 5.41) is 3.01. The number of amides is 2. The summed E-state index contributed by atoms with van der Waals surface area (Å²) in [4.78, 5) is 14.5. The first kappa shape index (κ1) is 19.0. The second-order valence-corrected chi connectivity index (χ2v) is 9.49. The molecule has 1 fully saturated rings. The van der Waals surface area contributed by atoms with E-state index in [9.17, 15) is 13.2 Å². The second-order valence-electron chi connectivity index (χ2n) is 7.26. The molecular weight excluding hydrogens is 348 g/mol. The Labute approximate surface area is 156 Å². The molecule has 0 spiro atoms. The molecular formula is C20H28N2O3S. The van der Waals surface area contributed by atoms with Crippen molar-refractivity contribution < 1.29 is 13.2 Å². The van der Waals surface area contributed by atoms with Crippen LogP contribution in [-0.4, -0.2) is 43.4 Å². The third-order valence-corrected chi connectivity index (χ3v) is 6.96. The Kier molecular flexibility index (Phi) is 6.35. The van der Waals surface area contributed by atoms with E-state index < -0.39 is 9.84 Å². The summed E-state index contributed by atoms with van der Waals surface area (Å²) in [6.07, 6.45) is 8.47. The van der Waals surface area contributed by atoms with Crippen LogP contribution in [0.1, 0.15) is 44.1 Å². The molecule has 2 amide bonds. The number of nitrogens with one attached hydrogen (secondary N) is 1. The van der Waals surface area contributed by atoms with Crippen molar-refractivity contribution in [2.75, 3.05) is 18.1 Å². The van der Waals surface area contributed by atoms with Crippen LogP contribution >= 0.6 is 0 Å². The van der Waals surface area contributed by atoms with Gasteiger partial charge >= 0.3 is 6.03 Å². The summed E-state index contributed by atoms with van der Waals surface area (Å²) in [5.74, 6) is 0.238. The molecule has 0 unspecified atom stereocenters. The predicted molar refractivity (Wildman–Crippen MR) is 104 cm³/mol. The van der Waals surface area contributed by atoms with Gasteiger partial charge in [-0.25, -0.2) is 13.2 Å². The minimum Gasteiger partial charge on any atom is -0.338 e. The van der Waals surface area contributed by atoms with Gasteiger partial charge in [-0.2, -0.15) is 0 Å². The minimum absolute atomic E-state index is 0.0679. The van der Waals surface area contributed by atoms with Crippen molar-refractivity contribution in [2.45, 2.75) is 51.1 Å². The van der Waals surface area contributed by atoms with Crippen molar-refractivity contribution in [1.82, 2.24) is 10.2 Å². The van der Waals surface area contributed by atoms with E-state index in [0.29, 0.717) is 19.5 Å². The summed E-state index contributed by atoms with van der Waals surface area (Å²) in [6, 6.07) is 9.35. The lowest BCUT2D eigenvalue weighted by Crippen LogP contribution is -2.46. The van der Waals surface area contributed by atoms with Gasteiger partial charge in [0.05, 0.1) is 11.5 Å². The molecule has 1 aliphatic heterocycles. The molecule has 1 aromatic carbocycles. The molecule has 0 aromatic heterocycles. The Morgan fingerprint density at radius 1 is 1.19 bits per heavy atom. The van der Waals surface area contributed by atoms with Gasteiger partial charge in [-0.15, -0.1) is 0 Å². The number of allylic oxidation sites excluding steroid dienone is 1. The Morgan fingerprint density at radius 2 is 2.00 bits per heavy atom. The molecule has 6 heteroatoms. The van der Waals surface area contributed by atoms with Crippen molar-refractivity contribution >= 4 is 15.9 Å². The summed E-state index contributed by atoms with van der Waals surface area (Å²) in [5.41, 5.74) is 2.44. The molecule has 1 N–H and O–H groups in total. The number of hydrogen-bond acceptors (Lipinski definition) is 3. The third kappa shape index (κ3) is 5.34. The standard InChI is InChI=1S/C20H28N2O3S/c23-20(21-13-11-17-7-3-1-4-8-17)22(15-18-9-5-2-6-10-18)19-12-14-26(24,25)16-19/h2,5-7,9-10,19H,1,3-4,8,11-16H2,(H,21,23)/t19-/m1/s1. The van der Waals surface area contributed by atoms with E-state index in [1.54, 1.807) is 4.90 Å². The topological polar surface area (TPSA) is 66.5 Å². The lowest BCUT2D eigenvalue weighted by Gasteiger charge is -2.28. The fourth-order valence-corrected chi connectivity index (χ4v) is 5.46. The molecule has 3 rings (SSSR count). The first-order chi connectivity index (χ1) is 12.5. The summed E-state index contributed by atoms with van der Waals surface area (Å²) < 4.78 is 23.8.